The molecule has 0 aliphatic carbocycles. The largest absolute Gasteiger partial charge is 0.445 e. The Balaban J connectivity index is 1.91. The Hall–Kier alpha value is -2.58. The van der Waals surface area contributed by atoms with Gasteiger partial charge >= 0.3 is 12.3 Å². The molecule has 0 aromatic heterocycles. The van der Waals surface area contributed by atoms with Gasteiger partial charge in [-0.3, -0.25) is 0 Å². The molecule has 0 saturated heterocycles. The topological polar surface area (TPSA) is 78.8 Å². The number of rotatable bonds is 6. The highest BCUT2D eigenvalue weighted by atomic mass is 19.4. The predicted octanol–water partition coefficient (Wildman–Crippen LogP) is 3.33. The molecule has 0 radical (unpaired) electrons. The van der Waals surface area contributed by atoms with Crippen LogP contribution in [0.3, 0.4) is 0 Å². The van der Waals surface area contributed by atoms with Crippen molar-refractivity contribution < 1.29 is 32.9 Å². The Morgan fingerprint density at radius 3 is 2.44 bits per heavy atom. The number of hydrogen-bond donors (Lipinski definition) is 3. The molecule has 3 N–H and O–H groups in total. The minimum Gasteiger partial charge on any atom is -0.445 e. The maximum Gasteiger partial charge on any atom is 0.416 e. The lowest BCUT2D eigenvalue weighted by Gasteiger charge is -2.21. The molecule has 8 heteroatoms. The SMILES string of the molecule is Cc1ccc(C(F)(F)F)cc1C(O)C(O)CNC(=O)OCc1ccccc1. The Morgan fingerprint density at radius 1 is 1.15 bits per heavy atom. The van der Waals surface area contributed by atoms with Gasteiger partial charge in [0.05, 0.1) is 5.56 Å². The third-order valence-electron chi connectivity index (χ3n) is 3.96. The van der Waals surface area contributed by atoms with Crippen molar-refractivity contribution in [1.29, 1.82) is 0 Å². The number of hydrogen-bond acceptors (Lipinski definition) is 4. The van der Waals surface area contributed by atoms with Gasteiger partial charge in [-0.05, 0) is 35.7 Å². The first-order valence-electron chi connectivity index (χ1n) is 8.17. The number of aliphatic hydroxyl groups excluding tert-OH is 2. The van der Waals surface area contributed by atoms with Gasteiger partial charge < -0.3 is 20.3 Å². The van der Waals surface area contributed by atoms with E-state index in [1.807, 2.05) is 6.07 Å². The van der Waals surface area contributed by atoms with Crippen molar-refractivity contribution in [2.45, 2.75) is 31.9 Å². The van der Waals surface area contributed by atoms with E-state index in [-0.39, 0.29) is 18.7 Å². The third kappa shape index (κ3) is 5.97. The molecular formula is C19H20F3NO4. The average molecular weight is 383 g/mol. The highest BCUT2D eigenvalue weighted by molar-refractivity contribution is 5.67. The van der Waals surface area contributed by atoms with E-state index in [1.54, 1.807) is 24.3 Å². The molecule has 2 aromatic carbocycles. The van der Waals surface area contributed by atoms with E-state index in [0.717, 1.165) is 17.7 Å². The number of halogens is 3. The molecular weight excluding hydrogens is 363 g/mol. The summed E-state index contributed by atoms with van der Waals surface area (Å²) in [5, 5.41) is 22.5. The Labute approximate surface area is 154 Å². The van der Waals surface area contributed by atoms with Crippen molar-refractivity contribution in [2.75, 3.05) is 6.54 Å². The van der Waals surface area contributed by atoms with Crippen LogP contribution in [0.25, 0.3) is 0 Å². The van der Waals surface area contributed by atoms with Gasteiger partial charge in [0.2, 0.25) is 0 Å². The van der Waals surface area contributed by atoms with Crippen LogP contribution in [0.1, 0.15) is 28.4 Å². The lowest BCUT2D eigenvalue weighted by atomic mass is 9.97. The maximum atomic E-state index is 12.8. The summed E-state index contributed by atoms with van der Waals surface area (Å²) in [6, 6.07) is 11.8. The molecule has 5 nitrogen and oxygen atoms in total. The van der Waals surface area contributed by atoms with E-state index in [4.69, 9.17) is 4.74 Å². The van der Waals surface area contributed by atoms with Crippen LogP contribution in [-0.4, -0.2) is 29.0 Å². The highest BCUT2D eigenvalue weighted by Gasteiger charge is 2.32. The van der Waals surface area contributed by atoms with Crippen LogP contribution < -0.4 is 5.32 Å². The smallest absolute Gasteiger partial charge is 0.416 e. The van der Waals surface area contributed by atoms with Crippen LogP contribution in [0.5, 0.6) is 0 Å². The fourth-order valence-electron chi connectivity index (χ4n) is 2.42. The van der Waals surface area contributed by atoms with Gasteiger partial charge in [0.15, 0.2) is 0 Å². The van der Waals surface area contributed by atoms with Crippen LogP contribution in [0.15, 0.2) is 48.5 Å². The summed E-state index contributed by atoms with van der Waals surface area (Å²) < 4.78 is 43.4. The quantitative estimate of drug-likeness (QED) is 0.715. The zero-order chi connectivity index (χ0) is 20.0. The van der Waals surface area contributed by atoms with Gasteiger partial charge in [0.1, 0.15) is 18.8 Å². The fraction of sp³-hybridized carbons (Fsp3) is 0.316. The van der Waals surface area contributed by atoms with Gasteiger partial charge in [-0.25, -0.2) is 4.79 Å². The number of carbonyl (C=O) groups excluding carboxylic acids is 1. The van der Waals surface area contributed by atoms with Crippen molar-refractivity contribution in [3.8, 4) is 0 Å². The summed E-state index contributed by atoms with van der Waals surface area (Å²) in [6.07, 6.45) is -8.48. The molecule has 0 aliphatic rings. The van der Waals surface area contributed by atoms with E-state index in [1.165, 1.54) is 13.0 Å². The molecule has 0 spiro atoms. The first kappa shape index (κ1) is 20.7. The van der Waals surface area contributed by atoms with E-state index in [9.17, 15) is 28.2 Å². The van der Waals surface area contributed by atoms with E-state index >= 15 is 0 Å². The van der Waals surface area contributed by atoms with Crippen molar-refractivity contribution in [3.63, 3.8) is 0 Å². The highest BCUT2D eigenvalue weighted by Crippen LogP contribution is 2.32. The zero-order valence-corrected chi connectivity index (χ0v) is 14.5. The maximum absolute atomic E-state index is 12.8. The van der Waals surface area contributed by atoms with Gasteiger partial charge in [0.25, 0.3) is 0 Å². The average Bonchev–Trinajstić information content (AvgIpc) is 2.64. The second kappa shape index (κ2) is 8.88. The van der Waals surface area contributed by atoms with Gasteiger partial charge in [0, 0.05) is 6.54 Å². The lowest BCUT2D eigenvalue weighted by molar-refractivity contribution is -0.137. The van der Waals surface area contributed by atoms with Crippen LogP contribution in [-0.2, 0) is 17.5 Å². The first-order chi connectivity index (χ1) is 12.7. The lowest BCUT2D eigenvalue weighted by Crippen LogP contribution is -2.36. The molecule has 2 unspecified atom stereocenters. The van der Waals surface area contributed by atoms with Gasteiger partial charge in [-0.1, -0.05) is 36.4 Å². The standard InChI is InChI=1S/C19H20F3NO4/c1-12-7-8-14(19(20,21)22)9-15(12)17(25)16(24)10-23-18(26)27-11-13-5-3-2-4-6-13/h2-9,16-17,24-25H,10-11H2,1H3,(H,23,26). The van der Waals surface area contributed by atoms with E-state index < -0.39 is 30.0 Å². The summed E-state index contributed by atoms with van der Waals surface area (Å²) in [6.45, 7) is 1.16. The summed E-state index contributed by atoms with van der Waals surface area (Å²) in [4.78, 5) is 11.7. The number of benzene rings is 2. The molecule has 0 saturated carbocycles. The number of alkyl carbamates (subject to hydrolysis) is 1. The second-order valence-corrected chi connectivity index (χ2v) is 6.02. The van der Waals surface area contributed by atoms with E-state index in [0.29, 0.717) is 5.56 Å². The summed E-state index contributed by atoms with van der Waals surface area (Å²) in [5.41, 5.74) is 0.176. The number of amides is 1. The van der Waals surface area contributed by atoms with Crippen molar-refractivity contribution in [2.24, 2.45) is 0 Å². The second-order valence-electron chi connectivity index (χ2n) is 6.02. The summed E-state index contributed by atoms with van der Waals surface area (Å²) in [7, 11) is 0. The van der Waals surface area contributed by atoms with Crippen molar-refractivity contribution >= 4 is 6.09 Å². The molecule has 146 valence electrons. The Kier molecular flexibility index (Phi) is 6.81. The number of alkyl halides is 3. The van der Waals surface area contributed by atoms with Gasteiger partial charge in [-0.2, -0.15) is 13.2 Å². The van der Waals surface area contributed by atoms with Crippen molar-refractivity contribution in [3.05, 3.63) is 70.8 Å². The summed E-state index contributed by atoms with van der Waals surface area (Å²) in [5.74, 6) is 0. The Morgan fingerprint density at radius 2 is 1.81 bits per heavy atom. The summed E-state index contributed by atoms with van der Waals surface area (Å²) >= 11 is 0. The minimum absolute atomic E-state index is 0.0259. The fourth-order valence-corrected chi connectivity index (χ4v) is 2.42. The normalized spacial score (nSPS) is 13.7. The van der Waals surface area contributed by atoms with Crippen LogP contribution in [0.2, 0.25) is 0 Å². The molecule has 2 aromatic rings. The van der Waals surface area contributed by atoms with Crippen LogP contribution in [0.4, 0.5) is 18.0 Å². The number of nitrogens with one attached hydrogen (secondary N) is 1. The predicted molar refractivity (Wildman–Crippen MR) is 91.8 cm³/mol. The van der Waals surface area contributed by atoms with Crippen LogP contribution in [0, 0.1) is 6.92 Å². The molecule has 0 bridgehead atoms. The number of aryl methyl sites for hydroxylation is 1. The molecule has 2 atom stereocenters. The molecule has 0 aliphatic heterocycles. The molecule has 27 heavy (non-hydrogen) atoms. The zero-order valence-electron chi connectivity index (χ0n) is 14.5. The van der Waals surface area contributed by atoms with E-state index in [2.05, 4.69) is 5.32 Å². The monoisotopic (exact) mass is 383 g/mol. The number of aliphatic hydroxyl groups is 2. The third-order valence-corrected chi connectivity index (χ3v) is 3.96. The number of ether oxygens (including phenoxy) is 1. The number of carbonyl (C=O) groups is 1. The molecule has 1 amide bonds. The first-order valence-corrected chi connectivity index (χ1v) is 8.17. The Bertz CT molecular complexity index is 765. The molecule has 2 rings (SSSR count). The molecule has 0 fully saturated rings. The van der Waals surface area contributed by atoms with Crippen molar-refractivity contribution in [1.82, 2.24) is 5.32 Å². The van der Waals surface area contributed by atoms with Gasteiger partial charge in [-0.15, -0.1) is 0 Å². The van der Waals surface area contributed by atoms with Crippen LogP contribution >= 0.6 is 0 Å². The molecule has 0 heterocycles. The minimum atomic E-state index is -4.56.